The van der Waals surface area contributed by atoms with Gasteiger partial charge < -0.3 is 14.2 Å². The van der Waals surface area contributed by atoms with Crippen molar-refractivity contribution < 1.29 is 19.0 Å². The number of ether oxygens (including phenoxy) is 3. The first-order chi connectivity index (χ1) is 5.72. The smallest absolute Gasteiger partial charge is 0.317 e. The Balaban J connectivity index is 2.12. The van der Waals surface area contributed by atoms with Crippen LogP contribution >= 0.6 is 0 Å². The van der Waals surface area contributed by atoms with Crippen molar-refractivity contribution in [1.29, 1.82) is 0 Å². The first kappa shape index (κ1) is 7.46. The van der Waals surface area contributed by atoms with Crippen LogP contribution in [0.4, 0.5) is 0 Å². The number of rotatable bonds is 1. The number of cyclic esters (lactones) is 1. The maximum atomic E-state index is 11.2. The van der Waals surface area contributed by atoms with Gasteiger partial charge in [0.1, 0.15) is 18.4 Å². The van der Waals surface area contributed by atoms with Crippen LogP contribution in [0.3, 0.4) is 0 Å². The standard InChI is InChI=1S/C8H10O4/c1-8(11-4-5-12-8)6-2-3-10-7(6)9/h4-6H,2-3H2,1H3. The summed E-state index contributed by atoms with van der Waals surface area (Å²) in [5.41, 5.74) is 0. The second-order valence-corrected chi connectivity index (χ2v) is 3.03. The minimum atomic E-state index is -0.840. The van der Waals surface area contributed by atoms with E-state index >= 15 is 0 Å². The summed E-state index contributed by atoms with van der Waals surface area (Å²) in [5, 5.41) is 0. The van der Waals surface area contributed by atoms with Gasteiger partial charge in [-0.05, 0) is 0 Å². The van der Waals surface area contributed by atoms with Crippen LogP contribution in [0.2, 0.25) is 0 Å². The molecule has 0 saturated carbocycles. The molecule has 0 radical (unpaired) electrons. The van der Waals surface area contributed by atoms with Crippen LogP contribution in [0, 0.1) is 5.92 Å². The molecule has 0 spiro atoms. The van der Waals surface area contributed by atoms with Gasteiger partial charge in [-0.1, -0.05) is 0 Å². The lowest BCUT2D eigenvalue weighted by molar-refractivity contribution is -0.180. The molecule has 0 aromatic carbocycles. The molecule has 2 rings (SSSR count). The molecular formula is C8H10O4. The minimum Gasteiger partial charge on any atom is -0.465 e. The molecule has 1 atom stereocenters. The van der Waals surface area contributed by atoms with E-state index in [1.165, 1.54) is 12.5 Å². The van der Waals surface area contributed by atoms with Gasteiger partial charge in [0, 0.05) is 13.3 Å². The van der Waals surface area contributed by atoms with Gasteiger partial charge in [0.2, 0.25) is 0 Å². The lowest BCUT2D eigenvalue weighted by atomic mass is 9.99. The molecular weight excluding hydrogens is 160 g/mol. The molecule has 2 aliphatic heterocycles. The van der Waals surface area contributed by atoms with Gasteiger partial charge >= 0.3 is 5.97 Å². The molecule has 0 N–H and O–H groups in total. The fourth-order valence-electron chi connectivity index (χ4n) is 1.49. The van der Waals surface area contributed by atoms with Crippen LogP contribution in [0.1, 0.15) is 13.3 Å². The molecule has 0 bridgehead atoms. The summed E-state index contributed by atoms with van der Waals surface area (Å²) in [6.45, 7) is 2.20. The third kappa shape index (κ3) is 0.948. The SMILES string of the molecule is CC1(C2CCOC2=O)OC=CO1. The highest BCUT2D eigenvalue weighted by molar-refractivity contribution is 5.75. The monoisotopic (exact) mass is 170 g/mol. The molecule has 2 heterocycles. The first-order valence-corrected chi connectivity index (χ1v) is 3.90. The summed E-state index contributed by atoms with van der Waals surface area (Å²) >= 11 is 0. The van der Waals surface area contributed by atoms with Crippen LogP contribution < -0.4 is 0 Å². The third-order valence-corrected chi connectivity index (χ3v) is 2.23. The first-order valence-electron chi connectivity index (χ1n) is 3.90. The quantitative estimate of drug-likeness (QED) is 0.545. The Morgan fingerprint density at radius 1 is 1.50 bits per heavy atom. The minimum absolute atomic E-state index is 0.235. The Morgan fingerprint density at radius 3 is 2.67 bits per heavy atom. The van der Waals surface area contributed by atoms with Crippen molar-refractivity contribution in [3.05, 3.63) is 12.5 Å². The Labute approximate surface area is 70.1 Å². The van der Waals surface area contributed by atoms with Crippen LogP contribution in [0.15, 0.2) is 12.5 Å². The lowest BCUT2D eigenvalue weighted by Crippen LogP contribution is -2.38. The highest BCUT2D eigenvalue weighted by Gasteiger charge is 2.47. The Morgan fingerprint density at radius 2 is 2.17 bits per heavy atom. The van der Waals surface area contributed by atoms with Crippen LogP contribution in [0.25, 0.3) is 0 Å². The van der Waals surface area contributed by atoms with Crippen molar-refractivity contribution in [1.82, 2.24) is 0 Å². The van der Waals surface area contributed by atoms with Gasteiger partial charge in [-0.25, -0.2) is 0 Å². The number of hydrogen-bond donors (Lipinski definition) is 0. The molecule has 0 amide bonds. The Bertz CT molecular complexity index is 225. The molecule has 1 saturated heterocycles. The molecule has 1 fully saturated rings. The zero-order valence-corrected chi connectivity index (χ0v) is 6.78. The summed E-state index contributed by atoms with van der Waals surface area (Å²) in [4.78, 5) is 11.2. The molecule has 0 aromatic heterocycles. The van der Waals surface area contributed by atoms with E-state index in [1.54, 1.807) is 6.92 Å². The molecule has 4 nitrogen and oxygen atoms in total. The summed E-state index contributed by atoms with van der Waals surface area (Å²) < 4.78 is 15.2. The molecule has 1 unspecified atom stereocenters. The number of carbonyl (C=O) groups is 1. The van der Waals surface area contributed by atoms with Crippen LogP contribution in [-0.4, -0.2) is 18.4 Å². The maximum absolute atomic E-state index is 11.2. The van der Waals surface area contributed by atoms with Gasteiger partial charge in [-0.15, -0.1) is 0 Å². The zero-order chi connectivity index (χ0) is 8.60. The number of hydrogen-bond acceptors (Lipinski definition) is 4. The fourth-order valence-corrected chi connectivity index (χ4v) is 1.49. The second kappa shape index (κ2) is 2.40. The van der Waals surface area contributed by atoms with Gasteiger partial charge in [-0.3, -0.25) is 4.79 Å². The Kier molecular flexibility index (Phi) is 1.49. The van der Waals surface area contributed by atoms with Gasteiger partial charge in [0.05, 0.1) is 6.61 Å². The van der Waals surface area contributed by atoms with Crippen molar-refractivity contribution in [3.63, 3.8) is 0 Å². The largest absolute Gasteiger partial charge is 0.465 e. The maximum Gasteiger partial charge on any atom is 0.317 e. The number of carbonyl (C=O) groups excluding carboxylic acids is 1. The van der Waals surface area contributed by atoms with E-state index in [1.807, 2.05) is 0 Å². The van der Waals surface area contributed by atoms with E-state index in [0.29, 0.717) is 13.0 Å². The van der Waals surface area contributed by atoms with Crippen LogP contribution in [0.5, 0.6) is 0 Å². The van der Waals surface area contributed by atoms with Crippen molar-refractivity contribution in [3.8, 4) is 0 Å². The topological polar surface area (TPSA) is 44.8 Å². The van der Waals surface area contributed by atoms with Crippen molar-refractivity contribution in [2.75, 3.05) is 6.61 Å². The van der Waals surface area contributed by atoms with E-state index in [0.717, 1.165) is 0 Å². The summed E-state index contributed by atoms with van der Waals surface area (Å²) in [6.07, 6.45) is 3.56. The molecule has 4 heteroatoms. The predicted molar refractivity (Wildman–Crippen MR) is 38.8 cm³/mol. The summed E-state index contributed by atoms with van der Waals surface area (Å²) in [6, 6.07) is 0. The lowest BCUT2D eigenvalue weighted by Gasteiger charge is -2.26. The van der Waals surface area contributed by atoms with Gasteiger partial charge in [0.25, 0.3) is 5.79 Å². The molecule has 2 aliphatic rings. The van der Waals surface area contributed by atoms with Crippen molar-refractivity contribution in [2.45, 2.75) is 19.1 Å². The van der Waals surface area contributed by atoms with Gasteiger partial charge in [-0.2, -0.15) is 0 Å². The molecule has 66 valence electrons. The highest BCUT2D eigenvalue weighted by atomic mass is 16.7. The van der Waals surface area contributed by atoms with E-state index in [2.05, 4.69) is 0 Å². The summed E-state index contributed by atoms with van der Waals surface area (Å²) in [7, 11) is 0. The molecule has 0 aliphatic carbocycles. The molecule has 0 aromatic rings. The predicted octanol–water partition coefficient (Wildman–Crippen LogP) is 0.784. The van der Waals surface area contributed by atoms with Crippen molar-refractivity contribution >= 4 is 5.97 Å². The van der Waals surface area contributed by atoms with E-state index in [-0.39, 0.29) is 11.9 Å². The van der Waals surface area contributed by atoms with E-state index in [9.17, 15) is 4.79 Å². The van der Waals surface area contributed by atoms with Crippen LogP contribution in [-0.2, 0) is 19.0 Å². The second-order valence-electron chi connectivity index (χ2n) is 3.03. The average molecular weight is 170 g/mol. The Hall–Kier alpha value is -1.19. The zero-order valence-electron chi connectivity index (χ0n) is 6.78. The summed E-state index contributed by atoms with van der Waals surface area (Å²) in [5.74, 6) is -1.37. The highest BCUT2D eigenvalue weighted by Crippen LogP contribution is 2.34. The fraction of sp³-hybridized carbons (Fsp3) is 0.625. The van der Waals surface area contributed by atoms with E-state index < -0.39 is 5.79 Å². The average Bonchev–Trinajstić information content (AvgIpc) is 2.59. The third-order valence-electron chi connectivity index (χ3n) is 2.23. The molecule has 12 heavy (non-hydrogen) atoms. The number of esters is 1. The van der Waals surface area contributed by atoms with Gasteiger partial charge in [0.15, 0.2) is 0 Å². The normalized spacial score (nSPS) is 31.1. The van der Waals surface area contributed by atoms with E-state index in [4.69, 9.17) is 14.2 Å². The van der Waals surface area contributed by atoms with Crippen molar-refractivity contribution in [2.24, 2.45) is 5.92 Å².